The minimum atomic E-state index is -3.90. The van der Waals surface area contributed by atoms with Gasteiger partial charge in [-0.05, 0) is 65.8 Å². The predicted octanol–water partition coefficient (Wildman–Crippen LogP) is 5.75. The van der Waals surface area contributed by atoms with Crippen molar-refractivity contribution in [3.63, 3.8) is 0 Å². The fourth-order valence-electron chi connectivity index (χ4n) is 4.58. The van der Waals surface area contributed by atoms with Crippen LogP contribution in [0.3, 0.4) is 0 Å². The first-order chi connectivity index (χ1) is 20.7. The minimum Gasteiger partial charge on any atom is -0.442 e. The number of amides is 1. The van der Waals surface area contributed by atoms with Crippen LogP contribution >= 0.6 is 7.82 Å². The fourth-order valence-corrected chi connectivity index (χ4v) is 6.41. The summed E-state index contributed by atoms with van der Waals surface area (Å²) in [6.45, 7) is 11.1. The van der Waals surface area contributed by atoms with Crippen LogP contribution in [0.4, 0.5) is 14.9 Å². The van der Waals surface area contributed by atoms with Crippen LogP contribution in [-0.4, -0.2) is 68.3 Å². The quantitative estimate of drug-likeness (QED) is 0.254. The summed E-state index contributed by atoms with van der Waals surface area (Å²) in [5.41, 5.74) is 0.856. The molecule has 2 aromatic heterocycles. The number of phosphoric acid groups is 1. The summed E-state index contributed by atoms with van der Waals surface area (Å²) in [7, 11) is -3.90. The van der Waals surface area contributed by atoms with Gasteiger partial charge in [0.25, 0.3) is 0 Å². The summed E-state index contributed by atoms with van der Waals surface area (Å²) in [6, 6.07) is 8.01. The molecule has 1 aromatic carbocycles. The largest absolute Gasteiger partial charge is 0.475 e. The molecule has 0 spiro atoms. The first kappa shape index (κ1) is 31.7. The lowest BCUT2D eigenvalue weighted by Crippen LogP contribution is -2.26. The zero-order valence-electron chi connectivity index (χ0n) is 25.5. The molecule has 5 rings (SSSR count). The maximum atomic E-state index is 15.2. The van der Waals surface area contributed by atoms with Crippen LogP contribution in [0, 0.1) is 5.82 Å². The Morgan fingerprint density at radius 2 is 1.82 bits per heavy atom. The molecule has 0 bridgehead atoms. The summed E-state index contributed by atoms with van der Waals surface area (Å²) in [5.74, 6) is -0.511. The molecule has 236 valence electrons. The van der Waals surface area contributed by atoms with Crippen molar-refractivity contribution in [2.75, 3.05) is 18.1 Å². The Morgan fingerprint density at radius 3 is 2.43 bits per heavy atom. The van der Waals surface area contributed by atoms with E-state index in [-0.39, 0.29) is 13.2 Å². The molecule has 15 heteroatoms. The number of oxime groups is 1. The Hall–Kier alpha value is -3.71. The van der Waals surface area contributed by atoms with Crippen molar-refractivity contribution in [1.82, 2.24) is 20.0 Å². The lowest BCUT2D eigenvalue weighted by Gasteiger charge is -2.31. The first-order valence-corrected chi connectivity index (χ1v) is 15.6. The smallest absolute Gasteiger partial charge is 0.442 e. The van der Waals surface area contributed by atoms with Crippen molar-refractivity contribution >= 4 is 25.3 Å². The average Bonchev–Trinajstić information content (AvgIpc) is 3.68. The SMILES string of the molecule is CC(C)(C)OP(=O)(OCC1CC(c2ccc(-c3ccc(N4C[C@H](Cn5ccnn5)OC4=O)cc3F)cn2)=NO1)OC(C)(C)C. The van der Waals surface area contributed by atoms with Gasteiger partial charge in [-0.1, -0.05) is 16.4 Å². The number of carbonyl (C=O) groups is 1. The number of phosphoric ester groups is 1. The van der Waals surface area contributed by atoms with Gasteiger partial charge in [-0.2, -0.15) is 0 Å². The Morgan fingerprint density at radius 1 is 1.07 bits per heavy atom. The van der Waals surface area contributed by atoms with E-state index in [9.17, 15) is 9.36 Å². The summed E-state index contributed by atoms with van der Waals surface area (Å²) < 4.78 is 52.4. The maximum absolute atomic E-state index is 15.2. The summed E-state index contributed by atoms with van der Waals surface area (Å²) in [6.07, 6.45) is 3.60. The molecule has 0 N–H and O–H groups in total. The van der Waals surface area contributed by atoms with E-state index < -0.39 is 43.1 Å². The normalized spacial score (nSPS) is 19.2. The highest BCUT2D eigenvalue weighted by Crippen LogP contribution is 2.55. The van der Waals surface area contributed by atoms with Crippen LogP contribution in [0.15, 0.2) is 54.1 Å². The molecule has 44 heavy (non-hydrogen) atoms. The molecule has 1 saturated heterocycles. The zero-order chi connectivity index (χ0) is 31.7. The van der Waals surface area contributed by atoms with Crippen LogP contribution in [0.25, 0.3) is 11.1 Å². The second kappa shape index (κ2) is 12.4. The monoisotopic (exact) mass is 630 g/mol. The topological polar surface area (TPSA) is 139 Å². The van der Waals surface area contributed by atoms with E-state index in [2.05, 4.69) is 20.5 Å². The highest BCUT2D eigenvalue weighted by atomic mass is 31.2. The third kappa shape index (κ3) is 8.06. The van der Waals surface area contributed by atoms with E-state index in [0.29, 0.717) is 41.2 Å². The van der Waals surface area contributed by atoms with Gasteiger partial charge in [-0.15, -0.1) is 5.10 Å². The Labute approximate surface area is 254 Å². The van der Waals surface area contributed by atoms with E-state index in [4.69, 9.17) is 23.1 Å². The number of cyclic esters (lactones) is 1. The van der Waals surface area contributed by atoms with Crippen molar-refractivity contribution in [3.05, 3.63) is 60.4 Å². The van der Waals surface area contributed by atoms with Crippen LogP contribution in [0.1, 0.15) is 53.7 Å². The zero-order valence-corrected chi connectivity index (χ0v) is 26.4. The van der Waals surface area contributed by atoms with Crippen molar-refractivity contribution < 1.29 is 36.9 Å². The van der Waals surface area contributed by atoms with E-state index in [0.717, 1.165) is 0 Å². The van der Waals surface area contributed by atoms with Gasteiger partial charge >= 0.3 is 13.9 Å². The van der Waals surface area contributed by atoms with E-state index >= 15 is 4.39 Å². The number of halogens is 1. The number of benzene rings is 1. The van der Waals surface area contributed by atoms with Crippen molar-refractivity contribution in [2.24, 2.45) is 5.16 Å². The number of pyridine rings is 1. The fraction of sp³-hybridized carbons (Fsp3) is 0.483. The molecule has 1 unspecified atom stereocenters. The molecule has 2 atom stereocenters. The number of ether oxygens (including phenoxy) is 1. The highest BCUT2D eigenvalue weighted by molar-refractivity contribution is 7.48. The molecule has 2 aliphatic rings. The van der Waals surface area contributed by atoms with Crippen molar-refractivity contribution in [3.8, 4) is 11.1 Å². The summed E-state index contributed by atoms with van der Waals surface area (Å²) >= 11 is 0. The van der Waals surface area contributed by atoms with Gasteiger partial charge in [0, 0.05) is 29.9 Å². The molecule has 2 aliphatic heterocycles. The number of rotatable bonds is 10. The molecule has 3 aromatic rings. The molecule has 13 nitrogen and oxygen atoms in total. The second-order valence-electron chi connectivity index (χ2n) is 12.5. The average molecular weight is 631 g/mol. The number of aromatic nitrogens is 4. The second-order valence-corrected chi connectivity index (χ2v) is 14.0. The Bertz CT molecular complexity index is 1530. The number of nitrogens with zero attached hydrogens (tertiary/aromatic N) is 6. The van der Waals surface area contributed by atoms with Gasteiger partial charge in [0.15, 0.2) is 6.10 Å². The molecule has 0 saturated carbocycles. The maximum Gasteiger partial charge on any atom is 0.475 e. The van der Waals surface area contributed by atoms with E-state index in [1.165, 1.54) is 11.0 Å². The standard InChI is InChI=1S/C29H36FN6O7P/c1-28(2,3)42-44(38,43-29(4,5)6)39-18-21-14-26(33-41-21)25-10-7-19(15-31-25)23-9-8-20(13-24(23)30)36-17-22(40-27(36)37)16-35-12-11-32-34-35/h7-13,15,21-22H,14,16-18H2,1-6H3/t21?,22-/m0/s1. The van der Waals surface area contributed by atoms with Gasteiger partial charge in [0.1, 0.15) is 17.6 Å². The van der Waals surface area contributed by atoms with Gasteiger partial charge in [-0.3, -0.25) is 23.5 Å². The minimum absolute atomic E-state index is 0.0716. The summed E-state index contributed by atoms with van der Waals surface area (Å²) in [5, 5.41) is 11.8. The number of carbonyl (C=O) groups excluding carboxylic acids is 1. The third-order valence-electron chi connectivity index (χ3n) is 6.29. The third-order valence-corrected chi connectivity index (χ3v) is 8.30. The van der Waals surface area contributed by atoms with Gasteiger partial charge in [0.2, 0.25) is 0 Å². The number of anilines is 1. The molecule has 0 radical (unpaired) electrons. The van der Waals surface area contributed by atoms with Gasteiger partial charge < -0.3 is 9.57 Å². The lowest BCUT2D eigenvalue weighted by molar-refractivity contribution is -0.0191. The Kier molecular flexibility index (Phi) is 8.90. The van der Waals surface area contributed by atoms with Crippen molar-refractivity contribution in [1.29, 1.82) is 0 Å². The van der Waals surface area contributed by atoms with E-state index in [1.807, 2.05) is 0 Å². The van der Waals surface area contributed by atoms with Crippen LogP contribution in [0.5, 0.6) is 0 Å². The van der Waals surface area contributed by atoms with Gasteiger partial charge in [0.05, 0.1) is 48.5 Å². The van der Waals surface area contributed by atoms with Gasteiger partial charge in [-0.25, -0.2) is 18.4 Å². The molecule has 1 fully saturated rings. The molecular weight excluding hydrogens is 594 g/mol. The molecule has 1 amide bonds. The number of hydrogen-bond donors (Lipinski definition) is 0. The van der Waals surface area contributed by atoms with E-state index in [1.54, 1.807) is 89.1 Å². The molecule has 0 aliphatic carbocycles. The van der Waals surface area contributed by atoms with Crippen molar-refractivity contribution in [2.45, 2.75) is 77.9 Å². The van der Waals surface area contributed by atoms with Crippen LogP contribution in [-0.2, 0) is 34.3 Å². The number of hydrogen-bond acceptors (Lipinski definition) is 11. The van der Waals surface area contributed by atoms with Crippen LogP contribution in [0.2, 0.25) is 0 Å². The highest BCUT2D eigenvalue weighted by Gasteiger charge is 2.39. The van der Waals surface area contributed by atoms with Crippen LogP contribution < -0.4 is 4.90 Å². The first-order valence-electron chi connectivity index (χ1n) is 14.1. The lowest BCUT2D eigenvalue weighted by atomic mass is 10.0. The summed E-state index contributed by atoms with van der Waals surface area (Å²) in [4.78, 5) is 23.8. The Balaban J connectivity index is 1.19. The molecular formula is C29H36FN6O7P. The predicted molar refractivity (Wildman–Crippen MR) is 159 cm³/mol. The molecule has 4 heterocycles.